The van der Waals surface area contributed by atoms with Crippen LogP contribution in [0.3, 0.4) is 0 Å². The average Bonchev–Trinajstić information content (AvgIpc) is 3.01. The van der Waals surface area contributed by atoms with Crippen molar-refractivity contribution in [2.45, 2.75) is 32.2 Å². The number of hydrogen-bond donors (Lipinski definition) is 2. The van der Waals surface area contributed by atoms with E-state index in [1.807, 2.05) is 13.0 Å². The second kappa shape index (κ2) is 13.4. The summed E-state index contributed by atoms with van der Waals surface area (Å²) in [5, 5.41) is 14.8. The second-order valence-electron chi connectivity index (χ2n) is 10.5. The smallest absolute Gasteiger partial charge is 0.490 e. The Morgan fingerprint density at radius 1 is 0.867 bits per heavy atom. The number of halogens is 3. The first-order chi connectivity index (χ1) is 21.6. The summed E-state index contributed by atoms with van der Waals surface area (Å²) in [6.07, 6.45) is -3.70. The zero-order valence-corrected chi connectivity index (χ0v) is 24.2. The first kappa shape index (κ1) is 30.9. The fourth-order valence-electron chi connectivity index (χ4n) is 5.15. The molecule has 1 aliphatic rings. The van der Waals surface area contributed by atoms with Gasteiger partial charge in [0.1, 0.15) is 17.6 Å². The van der Waals surface area contributed by atoms with Gasteiger partial charge in [-0.05, 0) is 72.1 Å². The van der Waals surface area contributed by atoms with Gasteiger partial charge in [0.05, 0.1) is 11.6 Å². The number of anilines is 2. The Hall–Kier alpha value is -5.50. The number of carbonyl (C=O) groups is 2. The van der Waals surface area contributed by atoms with Gasteiger partial charge in [-0.15, -0.1) is 13.2 Å². The highest BCUT2D eigenvalue weighted by atomic mass is 19.4. The molecule has 4 aromatic carbocycles. The van der Waals surface area contributed by atoms with Gasteiger partial charge in [-0.3, -0.25) is 4.79 Å². The van der Waals surface area contributed by atoms with E-state index >= 15 is 0 Å². The SMILES string of the molecule is Cc1cccc(C(=O)Nc2cccc(OC3CCN(C(=O)Nc4cccc(C#N)c4)CC3)c2)c1-c1ccc(OC(F)(F)F)cc1. The van der Waals surface area contributed by atoms with Crippen LogP contribution >= 0.6 is 0 Å². The maximum Gasteiger partial charge on any atom is 0.573 e. The number of piperidine rings is 1. The van der Waals surface area contributed by atoms with Crippen molar-refractivity contribution in [3.8, 4) is 28.7 Å². The van der Waals surface area contributed by atoms with Gasteiger partial charge in [-0.25, -0.2) is 4.79 Å². The van der Waals surface area contributed by atoms with Gasteiger partial charge in [0.15, 0.2) is 0 Å². The van der Waals surface area contributed by atoms with Gasteiger partial charge < -0.3 is 25.0 Å². The predicted octanol–water partition coefficient (Wildman–Crippen LogP) is 7.76. The predicted molar refractivity (Wildman–Crippen MR) is 163 cm³/mol. The zero-order valence-electron chi connectivity index (χ0n) is 24.2. The fourth-order valence-corrected chi connectivity index (χ4v) is 5.15. The number of carbonyl (C=O) groups excluding carboxylic acids is 2. The summed E-state index contributed by atoms with van der Waals surface area (Å²) in [5.41, 5.74) is 3.83. The maximum atomic E-state index is 13.4. The molecule has 1 heterocycles. The van der Waals surface area contributed by atoms with Crippen LogP contribution in [0.1, 0.15) is 34.3 Å². The Morgan fingerprint density at radius 3 is 2.22 bits per heavy atom. The molecule has 0 atom stereocenters. The molecule has 4 aromatic rings. The lowest BCUT2D eigenvalue weighted by molar-refractivity contribution is -0.274. The highest BCUT2D eigenvalue weighted by molar-refractivity contribution is 6.09. The molecule has 5 rings (SSSR count). The number of alkyl halides is 3. The van der Waals surface area contributed by atoms with Crippen molar-refractivity contribution in [1.82, 2.24) is 4.90 Å². The van der Waals surface area contributed by atoms with E-state index in [1.54, 1.807) is 65.6 Å². The summed E-state index contributed by atoms with van der Waals surface area (Å²) in [6, 6.07) is 26.2. The third-order valence-corrected chi connectivity index (χ3v) is 7.26. The third kappa shape index (κ3) is 8.12. The number of rotatable bonds is 7. The number of amides is 3. The molecule has 3 amide bonds. The van der Waals surface area contributed by atoms with E-state index in [0.29, 0.717) is 65.3 Å². The first-order valence-corrected chi connectivity index (χ1v) is 14.2. The first-order valence-electron chi connectivity index (χ1n) is 14.2. The van der Waals surface area contributed by atoms with Gasteiger partial charge in [0.25, 0.3) is 5.91 Å². The Kier molecular flexibility index (Phi) is 9.23. The lowest BCUT2D eigenvalue weighted by atomic mass is 9.94. The fraction of sp³-hybridized carbons (Fsp3) is 0.206. The molecule has 1 saturated heterocycles. The molecule has 45 heavy (non-hydrogen) atoms. The molecule has 2 N–H and O–H groups in total. The van der Waals surface area contributed by atoms with Crippen molar-refractivity contribution in [2.75, 3.05) is 23.7 Å². The summed E-state index contributed by atoms with van der Waals surface area (Å²) in [6.45, 7) is 2.80. The Balaban J connectivity index is 1.20. The number of aryl methyl sites for hydroxylation is 1. The molecular formula is C34H29F3N4O4. The van der Waals surface area contributed by atoms with E-state index < -0.39 is 6.36 Å². The minimum Gasteiger partial charge on any atom is -0.490 e. The molecular weight excluding hydrogens is 585 g/mol. The minimum atomic E-state index is -4.80. The molecule has 0 unspecified atom stereocenters. The zero-order chi connectivity index (χ0) is 32.0. The Bertz CT molecular complexity index is 1730. The number of urea groups is 1. The molecule has 230 valence electrons. The average molecular weight is 615 g/mol. The molecule has 8 nitrogen and oxygen atoms in total. The van der Waals surface area contributed by atoms with Crippen molar-refractivity contribution in [1.29, 1.82) is 5.26 Å². The van der Waals surface area contributed by atoms with E-state index in [9.17, 15) is 22.8 Å². The van der Waals surface area contributed by atoms with E-state index in [-0.39, 0.29) is 23.8 Å². The Labute approximate surface area is 258 Å². The maximum absolute atomic E-state index is 13.4. The number of nitrogens with zero attached hydrogens (tertiary/aromatic N) is 2. The van der Waals surface area contributed by atoms with E-state index in [0.717, 1.165) is 5.56 Å². The number of likely N-dealkylation sites (tertiary alicyclic amines) is 1. The highest BCUT2D eigenvalue weighted by Gasteiger charge is 2.31. The summed E-state index contributed by atoms with van der Waals surface area (Å²) in [4.78, 5) is 27.8. The van der Waals surface area contributed by atoms with E-state index in [1.165, 1.54) is 24.3 Å². The van der Waals surface area contributed by atoms with Crippen LogP contribution in [0.15, 0.2) is 91.0 Å². The Morgan fingerprint density at radius 2 is 1.53 bits per heavy atom. The molecule has 0 spiro atoms. The largest absolute Gasteiger partial charge is 0.573 e. The van der Waals surface area contributed by atoms with Gasteiger partial charge in [-0.2, -0.15) is 5.26 Å². The molecule has 0 radical (unpaired) electrons. The number of nitriles is 1. The minimum absolute atomic E-state index is 0.130. The monoisotopic (exact) mass is 614 g/mol. The van der Waals surface area contributed by atoms with Crippen molar-refractivity contribution in [3.05, 3.63) is 108 Å². The van der Waals surface area contributed by atoms with Crippen molar-refractivity contribution < 1.29 is 32.2 Å². The molecule has 0 saturated carbocycles. The lowest BCUT2D eigenvalue weighted by Gasteiger charge is -2.32. The van der Waals surface area contributed by atoms with Crippen LogP contribution in [0.2, 0.25) is 0 Å². The van der Waals surface area contributed by atoms with Crippen LogP contribution in [0.4, 0.5) is 29.3 Å². The van der Waals surface area contributed by atoms with Gasteiger partial charge in [0.2, 0.25) is 0 Å². The lowest BCUT2D eigenvalue weighted by Crippen LogP contribution is -2.43. The second-order valence-corrected chi connectivity index (χ2v) is 10.5. The summed E-state index contributed by atoms with van der Waals surface area (Å²) in [5.74, 6) is -0.172. The third-order valence-electron chi connectivity index (χ3n) is 7.26. The highest BCUT2D eigenvalue weighted by Crippen LogP contribution is 2.32. The topological polar surface area (TPSA) is 104 Å². The van der Waals surface area contributed by atoms with E-state index in [4.69, 9.17) is 10.00 Å². The molecule has 1 aliphatic heterocycles. The van der Waals surface area contributed by atoms with E-state index in [2.05, 4.69) is 21.4 Å². The molecule has 1 fully saturated rings. The van der Waals surface area contributed by atoms with Gasteiger partial charge in [0, 0.05) is 48.9 Å². The van der Waals surface area contributed by atoms with Crippen molar-refractivity contribution in [3.63, 3.8) is 0 Å². The summed E-state index contributed by atoms with van der Waals surface area (Å²) < 4.78 is 47.9. The van der Waals surface area contributed by atoms with Crippen LogP contribution < -0.4 is 20.1 Å². The number of ether oxygens (including phenoxy) is 2. The van der Waals surface area contributed by atoms with Crippen LogP contribution in [0, 0.1) is 18.3 Å². The van der Waals surface area contributed by atoms with Gasteiger partial charge in [-0.1, -0.05) is 36.4 Å². The summed E-state index contributed by atoms with van der Waals surface area (Å²) >= 11 is 0. The van der Waals surface area contributed by atoms with Crippen LogP contribution in [-0.4, -0.2) is 42.4 Å². The molecule has 0 bridgehead atoms. The van der Waals surface area contributed by atoms with Crippen LogP contribution in [-0.2, 0) is 0 Å². The number of benzene rings is 4. The standard InChI is InChI=1S/C34H29F3N4O4/c1-22-5-2-10-30(31(22)24-11-13-28(14-12-24)45-34(35,36)37)32(42)39-26-8-4-9-29(20-26)44-27-15-17-41(18-16-27)33(43)40-25-7-3-6-23(19-25)21-38/h2-14,19-20,27H,15-18H2,1H3,(H,39,42)(H,40,43). The van der Waals surface area contributed by atoms with Crippen LogP contribution in [0.25, 0.3) is 11.1 Å². The quantitative estimate of drug-likeness (QED) is 0.222. The van der Waals surface area contributed by atoms with Gasteiger partial charge >= 0.3 is 12.4 Å². The van der Waals surface area contributed by atoms with Crippen LogP contribution in [0.5, 0.6) is 11.5 Å². The number of nitrogens with one attached hydrogen (secondary N) is 2. The molecule has 0 aliphatic carbocycles. The van der Waals surface area contributed by atoms with Crippen molar-refractivity contribution in [2.24, 2.45) is 0 Å². The molecule has 11 heteroatoms. The molecule has 0 aromatic heterocycles. The van der Waals surface area contributed by atoms with Crippen molar-refractivity contribution >= 4 is 23.3 Å². The normalized spacial score (nSPS) is 13.4. The number of hydrogen-bond acceptors (Lipinski definition) is 5. The summed E-state index contributed by atoms with van der Waals surface area (Å²) in [7, 11) is 0.